The zero-order valence-corrected chi connectivity index (χ0v) is 21.7. The molecule has 9 atom stereocenters. The zero-order chi connectivity index (χ0) is 25.9. The maximum Gasteiger partial charge on any atom is 0.333 e. The summed E-state index contributed by atoms with van der Waals surface area (Å²) >= 11 is 0. The van der Waals surface area contributed by atoms with Gasteiger partial charge in [-0.2, -0.15) is 0 Å². The molecule has 0 amide bonds. The van der Waals surface area contributed by atoms with Crippen molar-refractivity contribution in [1.82, 2.24) is 0 Å². The number of rotatable bonds is 1. The monoisotopic (exact) mass is 486 g/mol. The molecule has 0 aromatic heterocycles. The van der Waals surface area contributed by atoms with E-state index in [1.807, 2.05) is 39.0 Å². The molecule has 0 aromatic rings. The topological polar surface area (TPSA) is 104 Å². The smallest absolute Gasteiger partial charge is 0.333 e. The highest BCUT2D eigenvalue weighted by Gasteiger charge is 2.56. The molecule has 1 aliphatic heterocycles. The van der Waals surface area contributed by atoms with Gasteiger partial charge in [-0.3, -0.25) is 4.79 Å². The van der Waals surface area contributed by atoms with Gasteiger partial charge in [0.25, 0.3) is 0 Å². The van der Waals surface area contributed by atoms with E-state index in [4.69, 9.17) is 4.74 Å². The number of hydrogen-bond donors (Lipinski definition) is 3. The molecule has 3 rings (SSSR count). The van der Waals surface area contributed by atoms with Crippen LogP contribution in [0.5, 0.6) is 0 Å². The molecule has 1 heterocycles. The van der Waals surface area contributed by atoms with Crippen molar-refractivity contribution in [2.45, 2.75) is 85.0 Å². The number of cyclic esters (lactones) is 1. The molecule has 3 N–H and O–H groups in total. The van der Waals surface area contributed by atoms with Crippen LogP contribution < -0.4 is 0 Å². The molecule has 0 spiro atoms. The van der Waals surface area contributed by atoms with Crippen LogP contribution in [0.1, 0.15) is 66.7 Å². The van der Waals surface area contributed by atoms with Crippen molar-refractivity contribution in [3.05, 3.63) is 47.6 Å². The molecule has 0 radical (unpaired) electrons. The summed E-state index contributed by atoms with van der Waals surface area (Å²) in [4.78, 5) is 25.5. The first kappa shape index (κ1) is 27.4. The second-order valence-corrected chi connectivity index (χ2v) is 11.1. The van der Waals surface area contributed by atoms with Gasteiger partial charge in [-0.15, -0.1) is 0 Å². The van der Waals surface area contributed by atoms with Gasteiger partial charge >= 0.3 is 11.9 Å². The largest absolute Gasteiger partial charge is 0.478 e. The minimum absolute atomic E-state index is 0.00219. The van der Waals surface area contributed by atoms with Crippen LogP contribution in [0.25, 0.3) is 0 Å². The van der Waals surface area contributed by atoms with Gasteiger partial charge in [0.2, 0.25) is 0 Å². The molecule has 35 heavy (non-hydrogen) atoms. The lowest BCUT2D eigenvalue weighted by molar-refractivity contribution is -0.172. The Balaban J connectivity index is 2.01. The summed E-state index contributed by atoms with van der Waals surface area (Å²) in [6.45, 7) is 9.75. The van der Waals surface area contributed by atoms with Gasteiger partial charge in [0, 0.05) is 17.8 Å². The number of esters is 1. The van der Waals surface area contributed by atoms with E-state index in [0.29, 0.717) is 19.3 Å². The molecule has 3 aliphatic rings. The predicted octanol–water partition coefficient (Wildman–Crippen LogP) is 4.83. The summed E-state index contributed by atoms with van der Waals surface area (Å²) in [6, 6.07) is 0. The summed E-state index contributed by atoms with van der Waals surface area (Å²) < 4.78 is 6.01. The zero-order valence-electron chi connectivity index (χ0n) is 21.7. The molecule has 0 bridgehead atoms. The minimum atomic E-state index is -1.12. The van der Waals surface area contributed by atoms with Crippen LogP contribution in [0.15, 0.2) is 47.6 Å². The van der Waals surface area contributed by atoms with Crippen LogP contribution in [0, 0.1) is 35.0 Å². The first-order chi connectivity index (χ1) is 16.5. The number of ether oxygens (including phenoxy) is 1. The van der Waals surface area contributed by atoms with Gasteiger partial charge in [-0.25, -0.2) is 4.79 Å². The van der Waals surface area contributed by atoms with Crippen molar-refractivity contribution in [3.8, 4) is 0 Å². The van der Waals surface area contributed by atoms with Crippen LogP contribution in [0.2, 0.25) is 0 Å². The molecule has 1 saturated carbocycles. The highest BCUT2D eigenvalue weighted by atomic mass is 16.5. The van der Waals surface area contributed by atoms with Gasteiger partial charge in [-0.05, 0) is 64.7 Å². The number of carboxylic acid groups (broad SMARTS) is 1. The molecular formula is C29H42O6. The summed E-state index contributed by atoms with van der Waals surface area (Å²) in [5.41, 5.74) is 0.237. The van der Waals surface area contributed by atoms with Crippen LogP contribution in [0.4, 0.5) is 0 Å². The maximum absolute atomic E-state index is 13.8. The number of carboxylic acids is 1. The van der Waals surface area contributed by atoms with Crippen LogP contribution in [-0.2, 0) is 14.3 Å². The third kappa shape index (κ3) is 5.64. The lowest BCUT2D eigenvalue weighted by atomic mass is 9.52. The van der Waals surface area contributed by atoms with Crippen molar-refractivity contribution in [2.24, 2.45) is 35.0 Å². The second kappa shape index (κ2) is 11.3. The SMILES string of the molecule is CC1=C[C@@H]2[C@H](O)[C@@H](C)CC[C@@H]2C2(C)C(=O)O[C@H](C)CCC/C=C(/C(=O)O)[C@H](O)[C@@H](C)/C=C/C=C/[C@@H]12. The van der Waals surface area contributed by atoms with Gasteiger partial charge in [0.05, 0.1) is 29.3 Å². The fourth-order valence-electron chi connectivity index (χ4n) is 6.25. The van der Waals surface area contributed by atoms with E-state index in [0.717, 1.165) is 18.4 Å². The quantitative estimate of drug-likeness (QED) is 0.362. The van der Waals surface area contributed by atoms with E-state index >= 15 is 0 Å². The summed E-state index contributed by atoms with van der Waals surface area (Å²) in [7, 11) is 0. The Hall–Kier alpha value is -2.18. The molecule has 0 aromatic carbocycles. The Morgan fingerprint density at radius 2 is 1.77 bits per heavy atom. The van der Waals surface area contributed by atoms with E-state index in [1.54, 1.807) is 19.1 Å². The molecule has 6 nitrogen and oxygen atoms in total. The standard InChI is InChI=1S/C29H42O6/c1-17-10-6-9-13-23-19(3)16-22-24(15-14-18(2)26(22)31)29(23,5)28(34)35-20(4)11-7-8-12-21(25(17)30)27(32)33/h6,9-10,12-13,16-18,20,22-26,30-31H,7-8,11,14-15H2,1-5H3,(H,32,33)/b10-6+,13-9+,21-12+/t17-,18-,20+,22-,23-,24-,25+,26+,29?/m0/s1. The molecular weight excluding hydrogens is 444 g/mol. The van der Waals surface area contributed by atoms with Gasteiger partial charge in [0.1, 0.15) is 0 Å². The van der Waals surface area contributed by atoms with Crippen molar-refractivity contribution >= 4 is 11.9 Å². The molecule has 1 unspecified atom stereocenters. The average molecular weight is 487 g/mol. The Labute approximate surface area is 209 Å². The molecule has 194 valence electrons. The summed E-state index contributed by atoms with van der Waals surface area (Å²) in [5.74, 6) is -1.82. The van der Waals surface area contributed by atoms with E-state index < -0.39 is 23.6 Å². The first-order valence-corrected chi connectivity index (χ1v) is 13.0. The number of hydrogen-bond acceptors (Lipinski definition) is 5. The first-order valence-electron chi connectivity index (χ1n) is 13.0. The summed E-state index contributed by atoms with van der Waals surface area (Å²) in [6.07, 6.45) is 12.8. The van der Waals surface area contributed by atoms with Gasteiger partial charge < -0.3 is 20.1 Å². The third-order valence-corrected chi connectivity index (χ3v) is 8.56. The Kier molecular flexibility index (Phi) is 8.81. The second-order valence-electron chi connectivity index (χ2n) is 11.1. The van der Waals surface area contributed by atoms with Crippen LogP contribution >= 0.6 is 0 Å². The van der Waals surface area contributed by atoms with Crippen molar-refractivity contribution in [1.29, 1.82) is 0 Å². The lowest BCUT2D eigenvalue weighted by Gasteiger charge is -2.52. The number of carbonyl (C=O) groups is 2. The number of allylic oxidation sites excluding steroid dienone is 5. The normalized spacial score (nSPS) is 44.5. The molecule has 6 heteroatoms. The van der Waals surface area contributed by atoms with Crippen molar-refractivity contribution in [3.63, 3.8) is 0 Å². The number of aliphatic hydroxyl groups is 2. The number of fused-ring (bicyclic) bond motifs is 3. The maximum atomic E-state index is 13.8. The van der Waals surface area contributed by atoms with E-state index in [9.17, 15) is 24.9 Å². The van der Waals surface area contributed by atoms with E-state index in [2.05, 4.69) is 13.0 Å². The minimum Gasteiger partial charge on any atom is -0.478 e. The third-order valence-electron chi connectivity index (χ3n) is 8.56. The van der Waals surface area contributed by atoms with Crippen molar-refractivity contribution in [2.75, 3.05) is 0 Å². The molecule has 2 aliphatic carbocycles. The predicted molar refractivity (Wildman–Crippen MR) is 135 cm³/mol. The fraction of sp³-hybridized carbons (Fsp3) is 0.655. The Bertz CT molecular complexity index is 914. The highest BCUT2D eigenvalue weighted by molar-refractivity contribution is 5.87. The molecule has 1 fully saturated rings. The van der Waals surface area contributed by atoms with Crippen molar-refractivity contribution < 1.29 is 29.6 Å². The van der Waals surface area contributed by atoms with Gasteiger partial charge in [0.15, 0.2) is 0 Å². The Morgan fingerprint density at radius 1 is 1.09 bits per heavy atom. The number of aliphatic hydroxyl groups excluding tert-OH is 2. The van der Waals surface area contributed by atoms with Crippen LogP contribution in [0.3, 0.4) is 0 Å². The number of aliphatic carboxylic acids is 1. The lowest BCUT2D eigenvalue weighted by Crippen LogP contribution is -2.54. The van der Waals surface area contributed by atoms with Gasteiger partial charge in [-0.1, -0.05) is 55.9 Å². The fourth-order valence-corrected chi connectivity index (χ4v) is 6.25. The highest BCUT2D eigenvalue weighted by Crippen LogP contribution is 2.55. The Morgan fingerprint density at radius 3 is 2.46 bits per heavy atom. The molecule has 0 saturated heterocycles. The van der Waals surface area contributed by atoms with E-state index in [-0.39, 0.29) is 47.2 Å². The summed E-state index contributed by atoms with van der Waals surface area (Å²) in [5, 5.41) is 31.2. The van der Waals surface area contributed by atoms with Crippen LogP contribution in [-0.4, -0.2) is 45.6 Å². The number of carbonyl (C=O) groups excluding carboxylic acids is 1. The van der Waals surface area contributed by atoms with E-state index in [1.165, 1.54) is 0 Å². The average Bonchev–Trinajstić information content (AvgIpc) is 2.79.